The molecule has 0 saturated carbocycles. The van der Waals surface area contributed by atoms with Crippen molar-refractivity contribution in [2.45, 2.75) is 50.7 Å². The second kappa shape index (κ2) is 6.27. The highest BCUT2D eigenvalue weighted by Crippen LogP contribution is 2.41. The van der Waals surface area contributed by atoms with Crippen molar-refractivity contribution in [3.63, 3.8) is 0 Å². The number of piperidine rings is 1. The fourth-order valence-corrected chi connectivity index (χ4v) is 5.36. The van der Waals surface area contributed by atoms with Crippen LogP contribution >= 0.6 is 11.8 Å². The summed E-state index contributed by atoms with van der Waals surface area (Å²) in [5.41, 5.74) is -0.00990. The molecule has 3 heterocycles. The average molecular weight is 296 g/mol. The summed E-state index contributed by atoms with van der Waals surface area (Å²) in [7, 11) is 0. The van der Waals surface area contributed by atoms with Gasteiger partial charge in [-0.05, 0) is 50.9 Å². The van der Waals surface area contributed by atoms with E-state index in [1.54, 1.807) is 0 Å². The Bertz CT molecular complexity index is 358. The molecule has 3 aliphatic rings. The Morgan fingerprint density at radius 1 is 1.20 bits per heavy atom. The number of hydrogen-bond acceptors (Lipinski definition) is 3. The first-order valence-corrected chi connectivity index (χ1v) is 9.42. The number of fused-ring (bicyclic) bond motifs is 2. The van der Waals surface area contributed by atoms with Gasteiger partial charge in [-0.15, -0.1) is 0 Å². The summed E-state index contributed by atoms with van der Waals surface area (Å²) in [5, 5.41) is 0.670. The lowest BCUT2D eigenvalue weighted by Crippen LogP contribution is -2.49. The standard InChI is InChI=1S/C16H28N2OS/c1-2-20-14-6-3-4-10-18(12-14)15(19)16-7-5-9-17(13-16)11-8-16/h14H,2-13H2,1H3. The van der Waals surface area contributed by atoms with Crippen LogP contribution in [0.25, 0.3) is 0 Å². The number of nitrogens with zero attached hydrogens (tertiary/aromatic N) is 2. The van der Waals surface area contributed by atoms with Crippen LogP contribution in [0.15, 0.2) is 0 Å². The predicted molar refractivity (Wildman–Crippen MR) is 85.1 cm³/mol. The van der Waals surface area contributed by atoms with Gasteiger partial charge in [0.15, 0.2) is 0 Å². The van der Waals surface area contributed by atoms with Crippen LogP contribution in [0.3, 0.4) is 0 Å². The van der Waals surface area contributed by atoms with Crippen molar-refractivity contribution >= 4 is 17.7 Å². The highest BCUT2D eigenvalue weighted by atomic mass is 32.2. The minimum atomic E-state index is -0.00990. The predicted octanol–water partition coefficient (Wildman–Crippen LogP) is 2.61. The van der Waals surface area contributed by atoms with Gasteiger partial charge < -0.3 is 9.80 Å². The van der Waals surface area contributed by atoms with Gasteiger partial charge in [-0.3, -0.25) is 4.79 Å². The van der Waals surface area contributed by atoms with E-state index in [-0.39, 0.29) is 5.41 Å². The highest BCUT2D eigenvalue weighted by molar-refractivity contribution is 7.99. The SMILES string of the molecule is CCSC1CCCCN(C(=O)C23CCCN(CC2)C3)C1. The van der Waals surface area contributed by atoms with Gasteiger partial charge in [0.25, 0.3) is 0 Å². The van der Waals surface area contributed by atoms with Crippen molar-refractivity contribution in [3.05, 3.63) is 0 Å². The Labute approximate surface area is 127 Å². The molecule has 3 nitrogen and oxygen atoms in total. The lowest BCUT2D eigenvalue weighted by atomic mass is 9.79. The first kappa shape index (κ1) is 14.7. The summed E-state index contributed by atoms with van der Waals surface area (Å²) in [6.45, 7) is 7.63. The molecule has 3 aliphatic heterocycles. The van der Waals surface area contributed by atoms with Crippen molar-refractivity contribution in [1.29, 1.82) is 0 Å². The molecular formula is C16H28N2OS. The molecule has 0 aromatic rings. The maximum absolute atomic E-state index is 13.1. The number of carbonyl (C=O) groups is 1. The van der Waals surface area contributed by atoms with Crippen LogP contribution in [0.4, 0.5) is 0 Å². The monoisotopic (exact) mass is 296 g/mol. The number of rotatable bonds is 3. The molecule has 0 aromatic heterocycles. The largest absolute Gasteiger partial charge is 0.341 e. The van der Waals surface area contributed by atoms with Crippen LogP contribution in [0.1, 0.15) is 45.4 Å². The third-order valence-electron chi connectivity index (χ3n) is 5.33. The first-order valence-electron chi connectivity index (χ1n) is 8.37. The smallest absolute Gasteiger partial charge is 0.230 e. The van der Waals surface area contributed by atoms with Crippen LogP contribution in [-0.4, -0.2) is 59.4 Å². The maximum atomic E-state index is 13.1. The van der Waals surface area contributed by atoms with E-state index in [1.807, 2.05) is 11.8 Å². The topological polar surface area (TPSA) is 23.6 Å². The van der Waals surface area contributed by atoms with Gasteiger partial charge in [0.2, 0.25) is 5.91 Å². The summed E-state index contributed by atoms with van der Waals surface area (Å²) >= 11 is 2.05. The van der Waals surface area contributed by atoms with Gasteiger partial charge in [0.1, 0.15) is 0 Å². The molecule has 2 bridgehead atoms. The van der Waals surface area contributed by atoms with Crippen LogP contribution in [0.5, 0.6) is 0 Å². The van der Waals surface area contributed by atoms with Crippen LogP contribution < -0.4 is 0 Å². The maximum Gasteiger partial charge on any atom is 0.230 e. The van der Waals surface area contributed by atoms with Gasteiger partial charge in [-0.2, -0.15) is 11.8 Å². The van der Waals surface area contributed by atoms with E-state index in [0.717, 1.165) is 39.0 Å². The van der Waals surface area contributed by atoms with E-state index in [4.69, 9.17) is 0 Å². The van der Waals surface area contributed by atoms with E-state index < -0.39 is 0 Å². The summed E-state index contributed by atoms with van der Waals surface area (Å²) in [4.78, 5) is 17.9. The lowest BCUT2D eigenvalue weighted by Gasteiger charge is -2.37. The Morgan fingerprint density at radius 3 is 2.95 bits per heavy atom. The molecule has 3 atom stereocenters. The average Bonchev–Trinajstić information content (AvgIpc) is 2.65. The molecule has 3 fully saturated rings. The second-order valence-corrected chi connectivity index (χ2v) is 8.31. The minimum Gasteiger partial charge on any atom is -0.341 e. The van der Waals surface area contributed by atoms with Gasteiger partial charge in [0, 0.05) is 24.9 Å². The zero-order chi connectivity index (χ0) is 14.0. The zero-order valence-corrected chi connectivity index (χ0v) is 13.6. The Balaban J connectivity index is 1.69. The number of amides is 1. The second-order valence-electron chi connectivity index (χ2n) is 6.73. The van der Waals surface area contributed by atoms with Gasteiger partial charge in [-0.1, -0.05) is 13.3 Å². The Morgan fingerprint density at radius 2 is 2.10 bits per heavy atom. The lowest BCUT2D eigenvalue weighted by molar-refractivity contribution is -0.142. The summed E-state index contributed by atoms with van der Waals surface area (Å²) < 4.78 is 0. The third kappa shape index (κ3) is 2.87. The van der Waals surface area contributed by atoms with Crippen LogP contribution in [-0.2, 0) is 4.79 Å². The van der Waals surface area contributed by atoms with Crippen molar-refractivity contribution in [1.82, 2.24) is 9.80 Å². The van der Waals surface area contributed by atoms with Gasteiger partial charge >= 0.3 is 0 Å². The van der Waals surface area contributed by atoms with E-state index in [2.05, 4.69) is 16.7 Å². The number of likely N-dealkylation sites (tertiary alicyclic amines) is 1. The molecule has 0 N–H and O–H groups in total. The van der Waals surface area contributed by atoms with E-state index in [9.17, 15) is 4.79 Å². The summed E-state index contributed by atoms with van der Waals surface area (Å²) in [5.74, 6) is 1.66. The molecule has 114 valence electrons. The van der Waals surface area contributed by atoms with E-state index >= 15 is 0 Å². The zero-order valence-electron chi connectivity index (χ0n) is 12.8. The molecule has 3 unspecified atom stereocenters. The minimum absolute atomic E-state index is 0.00990. The highest BCUT2D eigenvalue weighted by Gasteiger charge is 2.48. The van der Waals surface area contributed by atoms with Gasteiger partial charge in [0.05, 0.1) is 5.41 Å². The molecule has 0 aromatic carbocycles. The number of thioether (sulfide) groups is 1. The first-order chi connectivity index (χ1) is 9.73. The molecule has 1 amide bonds. The Hall–Kier alpha value is -0.220. The third-order valence-corrected chi connectivity index (χ3v) is 6.52. The molecule has 0 spiro atoms. The number of hydrogen-bond donors (Lipinski definition) is 0. The molecule has 0 aliphatic carbocycles. The van der Waals surface area contributed by atoms with Crippen LogP contribution in [0.2, 0.25) is 0 Å². The Kier molecular flexibility index (Phi) is 4.61. The fraction of sp³-hybridized carbons (Fsp3) is 0.938. The van der Waals surface area contributed by atoms with E-state index in [1.165, 1.54) is 38.0 Å². The van der Waals surface area contributed by atoms with E-state index in [0.29, 0.717) is 11.2 Å². The van der Waals surface area contributed by atoms with Gasteiger partial charge in [-0.25, -0.2) is 0 Å². The van der Waals surface area contributed by atoms with Crippen molar-refractivity contribution in [3.8, 4) is 0 Å². The fourth-order valence-electron chi connectivity index (χ4n) is 4.27. The number of carbonyl (C=O) groups excluding carboxylic acids is 1. The molecule has 0 radical (unpaired) electrons. The molecular weight excluding hydrogens is 268 g/mol. The molecule has 3 saturated heterocycles. The van der Waals surface area contributed by atoms with Crippen molar-refractivity contribution in [2.75, 3.05) is 38.5 Å². The normalized spacial score (nSPS) is 37.8. The summed E-state index contributed by atoms with van der Waals surface area (Å²) in [6, 6.07) is 0. The summed E-state index contributed by atoms with van der Waals surface area (Å²) in [6.07, 6.45) is 7.24. The molecule has 3 rings (SSSR count). The molecule has 4 heteroatoms. The van der Waals surface area contributed by atoms with Crippen molar-refractivity contribution < 1.29 is 4.79 Å². The molecule has 20 heavy (non-hydrogen) atoms. The quantitative estimate of drug-likeness (QED) is 0.800. The van der Waals surface area contributed by atoms with Crippen molar-refractivity contribution in [2.24, 2.45) is 5.41 Å². The van der Waals surface area contributed by atoms with Crippen LogP contribution in [0, 0.1) is 5.41 Å².